The Bertz CT molecular complexity index is 499. The van der Waals surface area contributed by atoms with Crippen molar-refractivity contribution in [1.82, 2.24) is 4.90 Å². The summed E-state index contributed by atoms with van der Waals surface area (Å²) >= 11 is 0. The Morgan fingerprint density at radius 1 is 1.24 bits per heavy atom. The van der Waals surface area contributed by atoms with Gasteiger partial charge in [0.2, 0.25) is 0 Å². The van der Waals surface area contributed by atoms with Crippen LogP contribution in [0.5, 0.6) is 5.75 Å². The smallest absolute Gasteiger partial charge is 0.307 e. The topological polar surface area (TPSA) is 55.8 Å². The van der Waals surface area contributed by atoms with E-state index in [1.54, 1.807) is 14.0 Å². The second-order valence-corrected chi connectivity index (χ2v) is 4.93. The third-order valence-electron chi connectivity index (χ3n) is 3.08. The minimum absolute atomic E-state index is 0.0381. The van der Waals surface area contributed by atoms with Gasteiger partial charge in [0.25, 0.3) is 5.91 Å². The summed E-state index contributed by atoms with van der Waals surface area (Å²) < 4.78 is 10.4. The average Bonchev–Trinajstić information content (AvgIpc) is 2.45. The van der Waals surface area contributed by atoms with Gasteiger partial charge in [-0.2, -0.15) is 0 Å². The highest BCUT2D eigenvalue weighted by Crippen LogP contribution is 2.18. The molecule has 5 nitrogen and oxygen atoms in total. The predicted molar refractivity (Wildman–Crippen MR) is 80.3 cm³/mol. The summed E-state index contributed by atoms with van der Waals surface area (Å²) in [4.78, 5) is 24.6. The molecule has 1 rings (SSSR count). The lowest BCUT2D eigenvalue weighted by molar-refractivity contribution is -0.144. The number of rotatable bonds is 7. The molecule has 0 heterocycles. The quantitative estimate of drug-likeness (QED) is 0.722. The van der Waals surface area contributed by atoms with Crippen molar-refractivity contribution in [2.24, 2.45) is 0 Å². The monoisotopic (exact) mass is 293 g/mol. The maximum absolute atomic E-state index is 11.9. The Kier molecular flexibility index (Phi) is 6.72. The van der Waals surface area contributed by atoms with Gasteiger partial charge in [-0.1, -0.05) is 12.1 Å². The molecule has 0 aliphatic heterocycles. The van der Waals surface area contributed by atoms with E-state index in [9.17, 15) is 9.59 Å². The van der Waals surface area contributed by atoms with E-state index < -0.39 is 0 Å². The molecule has 0 N–H and O–H groups in total. The summed E-state index contributed by atoms with van der Waals surface area (Å²) in [6, 6.07) is 5.86. The van der Waals surface area contributed by atoms with Crippen molar-refractivity contribution in [3.8, 4) is 5.75 Å². The summed E-state index contributed by atoms with van der Waals surface area (Å²) in [6.45, 7) is 6.30. The summed E-state index contributed by atoms with van der Waals surface area (Å²) in [6.07, 6.45) is 0.194. The molecule has 0 saturated heterocycles. The maximum atomic E-state index is 11.9. The normalized spacial score (nSPS) is 10.1. The molecule has 21 heavy (non-hydrogen) atoms. The zero-order chi connectivity index (χ0) is 15.8. The van der Waals surface area contributed by atoms with Gasteiger partial charge in [0.15, 0.2) is 6.61 Å². The van der Waals surface area contributed by atoms with E-state index in [2.05, 4.69) is 0 Å². The first-order valence-electron chi connectivity index (χ1n) is 7.03. The van der Waals surface area contributed by atoms with Crippen LogP contribution in [-0.4, -0.2) is 43.6 Å². The van der Waals surface area contributed by atoms with E-state index >= 15 is 0 Å². The fourth-order valence-corrected chi connectivity index (χ4v) is 1.73. The number of aryl methyl sites for hydroxylation is 2. The first kappa shape index (κ1) is 17.0. The first-order valence-corrected chi connectivity index (χ1v) is 7.03. The van der Waals surface area contributed by atoms with Crippen LogP contribution < -0.4 is 4.74 Å². The van der Waals surface area contributed by atoms with Gasteiger partial charge in [-0.3, -0.25) is 9.59 Å². The van der Waals surface area contributed by atoms with Gasteiger partial charge >= 0.3 is 5.97 Å². The van der Waals surface area contributed by atoms with Crippen LogP contribution >= 0.6 is 0 Å². The molecule has 0 aliphatic rings. The average molecular weight is 293 g/mol. The van der Waals surface area contributed by atoms with E-state index in [1.165, 1.54) is 4.90 Å². The lowest BCUT2D eigenvalue weighted by atomic mass is 10.1. The van der Waals surface area contributed by atoms with Gasteiger partial charge in [-0.15, -0.1) is 0 Å². The largest absolute Gasteiger partial charge is 0.483 e. The van der Waals surface area contributed by atoms with Gasteiger partial charge in [-0.05, 0) is 38.0 Å². The Labute approximate surface area is 125 Å². The number of ether oxygens (including phenoxy) is 2. The van der Waals surface area contributed by atoms with Crippen molar-refractivity contribution in [2.75, 3.05) is 26.8 Å². The SMILES string of the molecule is CCOC(=O)CCN(C)C(=O)COc1cc(C)ccc1C. The molecule has 1 aromatic rings. The number of benzene rings is 1. The molecule has 0 radical (unpaired) electrons. The molecular weight excluding hydrogens is 270 g/mol. The first-order chi connectivity index (χ1) is 9.93. The fraction of sp³-hybridized carbons (Fsp3) is 0.500. The van der Waals surface area contributed by atoms with Gasteiger partial charge in [0, 0.05) is 13.6 Å². The summed E-state index contributed by atoms with van der Waals surface area (Å²) in [7, 11) is 1.65. The Morgan fingerprint density at radius 3 is 2.62 bits per heavy atom. The molecule has 1 aromatic carbocycles. The van der Waals surface area contributed by atoms with Crippen LogP contribution in [0.3, 0.4) is 0 Å². The van der Waals surface area contributed by atoms with Crippen molar-refractivity contribution in [2.45, 2.75) is 27.2 Å². The van der Waals surface area contributed by atoms with Gasteiger partial charge < -0.3 is 14.4 Å². The van der Waals surface area contributed by atoms with Gasteiger partial charge in [0.1, 0.15) is 5.75 Å². The minimum atomic E-state index is -0.299. The van der Waals surface area contributed by atoms with Crippen LogP contribution in [-0.2, 0) is 14.3 Å². The third kappa shape index (κ3) is 5.85. The van der Waals surface area contributed by atoms with Crippen molar-refractivity contribution in [3.05, 3.63) is 29.3 Å². The van der Waals surface area contributed by atoms with Gasteiger partial charge in [-0.25, -0.2) is 0 Å². The molecular formula is C16H23NO4. The van der Waals surface area contributed by atoms with Gasteiger partial charge in [0.05, 0.1) is 13.0 Å². The molecule has 0 saturated carbocycles. The molecule has 0 aliphatic carbocycles. The van der Waals surface area contributed by atoms with E-state index in [0.717, 1.165) is 11.1 Å². The zero-order valence-corrected chi connectivity index (χ0v) is 13.1. The number of amides is 1. The highest BCUT2D eigenvalue weighted by Gasteiger charge is 2.12. The summed E-state index contributed by atoms with van der Waals surface area (Å²) in [5.74, 6) is 0.245. The van der Waals surface area contributed by atoms with Crippen LogP contribution in [0.4, 0.5) is 0 Å². The van der Waals surface area contributed by atoms with Crippen LogP contribution in [0.2, 0.25) is 0 Å². The minimum Gasteiger partial charge on any atom is -0.483 e. The maximum Gasteiger partial charge on any atom is 0.307 e. The highest BCUT2D eigenvalue weighted by molar-refractivity contribution is 5.78. The number of hydrogen-bond acceptors (Lipinski definition) is 4. The predicted octanol–water partition coefficient (Wildman–Crippen LogP) is 2.09. The van der Waals surface area contributed by atoms with E-state index in [1.807, 2.05) is 32.0 Å². The van der Waals surface area contributed by atoms with Crippen LogP contribution in [0.1, 0.15) is 24.5 Å². The van der Waals surface area contributed by atoms with Crippen molar-refractivity contribution >= 4 is 11.9 Å². The second kappa shape index (κ2) is 8.29. The molecule has 0 atom stereocenters. The highest BCUT2D eigenvalue weighted by atomic mass is 16.5. The molecule has 0 fully saturated rings. The van der Waals surface area contributed by atoms with E-state index in [4.69, 9.17) is 9.47 Å². The number of nitrogens with zero attached hydrogens (tertiary/aromatic N) is 1. The Balaban J connectivity index is 2.42. The molecule has 0 bridgehead atoms. The second-order valence-electron chi connectivity index (χ2n) is 4.93. The molecule has 116 valence electrons. The number of carbonyl (C=O) groups is 2. The van der Waals surface area contributed by atoms with Crippen molar-refractivity contribution in [3.63, 3.8) is 0 Å². The molecule has 0 spiro atoms. The van der Waals surface area contributed by atoms with Crippen LogP contribution in [0.15, 0.2) is 18.2 Å². The number of hydrogen-bond donors (Lipinski definition) is 0. The molecule has 0 aromatic heterocycles. The summed E-state index contributed by atoms with van der Waals surface area (Å²) in [5, 5.41) is 0. The Morgan fingerprint density at radius 2 is 1.95 bits per heavy atom. The molecule has 0 unspecified atom stereocenters. The number of esters is 1. The number of likely N-dealkylation sites (N-methyl/N-ethyl adjacent to an activating group) is 1. The van der Waals surface area contributed by atoms with E-state index in [-0.39, 0.29) is 24.9 Å². The lowest BCUT2D eigenvalue weighted by Crippen LogP contribution is -2.33. The Hall–Kier alpha value is -2.04. The third-order valence-corrected chi connectivity index (χ3v) is 3.08. The van der Waals surface area contributed by atoms with Crippen molar-refractivity contribution < 1.29 is 19.1 Å². The van der Waals surface area contributed by atoms with Crippen LogP contribution in [0, 0.1) is 13.8 Å². The molecule has 1 amide bonds. The molecule has 5 heteroatoms. The summed E-state index contributed by atoms with van der Waals surface area (Å²) in [5.41, 5.74) is 2.07. The van der Waals surface area contributed by atoms with Crippen molar-refractivity contribution in [1.29, 1.82) is 0 Å². The lowest BCUT2D eigenvalue weighted by Gasteiger charge is -2.17. The van der Waals surface area contributed by atoms with Crippen LogP contribution in [0.25, 0.3) is 0 Å². The zero-order valence-electron chi connectivity index (χ0n) is 13.1. The van der Waals surface area contributed by atoms with E-state index in [0.29, 0.717) is 18.9 Å². The fourth-order valence-electron chi connectivity index (χ4n) is 1.73. The number of carbonyl (C=O) groups excluding carboxylic acids is 2. The standard InChI is InChI=1S/C16H23NO4/c1-5-20-16(19)8-9-17(4)15(18)11-21-14-10-12(2)6-7-13(14)3/h6-7,10H,5,8-9,11H2,1-4H3.